The van der Waals surface area contributed by atoms with Crippen LogP contribution in [0.15, 0.2) is 28.9 Å². The largest absolute Gasteiger partial charge is 0.244 e. The first kappa shape index (κ1) is 10.9. The predicted octanol–water partition coefficient (Wildman–Crippen LogP) is 4.77. The maximum Gasteiger partial charge on any atom is 0.129 e. The standard InChI is InChI=1S/C12H11BrClN/c1-7(2)8-3-4-11(13)10-6-15-12(14)5-9(8)10/h3-7H,1-2H3. The van der Waals surface area contributed by atoms with Crippen LogP contribution in [0.25, 0.3) is 10.8 Å². The molecule has 3 heteroatoms. The van der Waals surface area contributed by atoms with E-state index in [1.165, 1.54) is 10.9 Å². The van der Waals surface area contributed by atoms with Gasteiger partial charge in [0.05, 0.1) is 0 Å². The zero-order chi connectivity index (χ0) is 11.0. The van der Waals surface area contributed by atoms with Crippen LogP contribution in [0.5, 0.6) is 0 Å². The van der Waals surface area contributed by atoms with Crippen molar-refractivity contribution in [1.29, 1.82) is 0 Å². The molecule has 1 heterocycles. The summed E-state index contributed by atoms with van der Waals surface area (Å²) in [7, 11) is 0. The lowest BCUT2D eigenvalue weighted by Crippen LogP contribution is -1.90. The molecule has 0 spiro atoms. The Bertz CT molecular complexity index is 508. The van der Waals surface area contributed by atoms with E-state index in [1.807, 2.05) is 12.3 Å². The minimum Gasteiger partial charge on any atom is -0.244 e. The molecule has 0 saturated heterocycles. The summed E-state index contributed by atoms with van der Waals surface area (Å²) in [6.07, 6.45) is 1.81. The van der Waals surface area contributed by atoms with Crippen molar-refractivity contribution in [2.45, 2.75) is 19.8 Å². The van der Waals surface area contributed by atoms with Gasteiger partial charge in [-0.05, 0) is 29.0 Å². The highest BCUT2D eigenvalue weighted by Gasteiger charge is 2.08. The smallest absolute Gasteiger partial charge is 0.129 e. The molecule has 0 bridgehead atoms. The Kier molecular flexibility index (Phi) is 2.98. The van der Waals surface area contributed by atoms with Crippen LogP contribution in [0.3, 0.4) is 0 Å². The van der Waals surface area contributed by atoms with E-state index in [0.717, 1.165) is 9.86 Å². The maximum absolute atomic E-state index is 5.92. The molecule has 0 unspecified atom stereocenters. The van der Waals surface area contributed by atoms with Gasteiger partial charge in [0.1, 0.15) is 5.15 Å². The molecule has 0 fully saturated rings. The van der Waals surface area contributed by atoms with Crippen LogP contribution >= 0.6 is 27.5 Å². The Morgan fingerprint density at radius 1 is 1.27 bits per heavy atom. The van der Waals surface area contributed by atoms with E-state index < -0.39 is 0 Å². The van der Waals surface area contributed by atoms with E-state index in [4.69, 9.17) is 11.6 Å². The molecule has 2 aromatic rings. The van der Waals surface area contributed by atoms with Crippen molar-refractivity contribution in [2.24, 2.45) is 0 Å². The van der Waals surface area contributed by atoms with Crippen molar-refractivity contribution in [1.82, 2.24) is 4.98 Å². The minimum atomic E-state index is 0.485. The Labute approximate surface area is 103 Å². The summed E-state index contributed by atoms with van der Waals surface area (Å²) in [6, 6.07) is 6.12. The van der Waals surface area contributed by atoms with Crippen molar-refractivity contribution in [3.63, 3.8) is 0 Å². The fourth-order valence-electron chi connectivity index (χ4n) is 1.70. The van der Waals surface area contributed by atoms with Gasteiger partial charge in [-0.25, -0.2) is 4.98 Å². The second kappa shape index (κ2) is 4.11. The summed E-state index contributed by atoms with van der Waals surface area (Å²) >= 11 is 9.44. The Hall–Kier alpha value is -0.600. The number of hydrogen-bond acceptors (Lipinski definition) is 1. The lowest BCUT2D eigenvalue weighted by Gasteiger charge is -2.11. The molecule has 0 radical (unpaired) electrons. The minimum absolute atomic E-state index is 0.485. The monoisotopic (exact) mass is 283 g/mol. The molecule has 0 amide bonds. The van der Waals surface area contributed by atoms with Gasteiger partial charge >= 0.3 is 0 Å². The summed E-state index contributed by atoms with van der Waals surface area (Å²) in [5.41, 5.74) is 1.30. The number of aromatic nitrogens is 1. The number of halogens is 2. The topological polar surface area (TPSA) is 12.9 Å². The number of pyridine rings is 1. The third-order valence-corrected chi connectivity index (χ3v) is 3.37. The zero-order valence-electron chi connectivity index (χ0n) is 8.59. The predicted molar refractivity (Wildman–Crippen MR) is 68.5 cm³/mol. The molecule has 2 rings (SSSR count). The molecule has 1 aromatic carbocycles. The van der Waals surface area contributed by atoms with E-state index in [-0.39, 0.29) is 0 Å². The van der Waals surface area contributed by atoms with E-state index in [0.29, 0.717) is 11.1 Å². The number of benzene rings is 1. The van der Waals surface area contributed by atoms with Gasteiger partial charge in [-0.2, -0.15) is 0 Å². The molecule has 1 nitrogen and oxygen atoms in total. The first-order valence-corrected chi connectivity index (χ1v) is 6.00. The lowest BCUT2D eigenvalue weighted by molar-refractivity contribution is 0.876. The summed E-state index contributed by atoms with van der Waals surface area (Å²) in [5, 5.41) is 2.84. The molecule has 78 valence electrons. The first-order valence-electron chi connectivity index (χ1n) is 4.83. The average molecular weight is 285 g/mol. The van der Waals surface area contributed by atoms with E-state index in [9.17, 15) is 0 Å². The van der Waals surface area contributed by atoms with Crippen molar-refractivity contribution in [3.8, 4) is 0 Å². The number of nitrogens with zero attached hydrogens (tertiary/aromatic N) is 1. The zero-order valence-corrected chi connectivity index (χ0v) is 10.9. The van der Waals surface area contributed by atoms with Gasteiger partial charge in [-0.1, -0.05) is 47.4 Å². The number of fused-ring (bicyclic) bond motifs is 1. The van der Waals surface area contributed by atoms with Crippen LogP contribution in [-0.2, 0) is 0 Å². The van der Waals surface area contributed by atoms with Gasteiger partial charge < -0.3 is 0 Å². The Morgan fingerprint density at radius 2 is 2.00 bits per heavy atom. The van der Waals surface area contributed by atoms with Crippen molar-refractivity contribution >= 4 is 38.3 Å². The highest BCUT2D eigenvalue weighted by molar-refractivity contribution is 9.10. The van der Waals surface area contributed by atoms with Crippen LogP contribution in [-0.4, -0.2) is 4.98 Å². The quantitative estimate of drug-likeness (QED) is 0.687. The Balaban J connectivity index is 2.84. The van der Waals surface area contributed by atoms with Crippen molar-refractivity contribution < 1.29 is 0 Å². The fraction of sp³-hybridized carbons (Fsp3) is 0.250. The van der Waals surface area contributed by atoms with E-state index in [1.54, 1.807) is 0 Å². The van der Waals surface area contributed by atoms with Crippen LogP contribution in [0.2, 0.25) is 5.15 Å². The maximum atomic E-state index is 5.92. The molecule has 0 aliphatic carbocycles. The molecule has 0 aliphatic rings. The van der Waals surface area contributed by atoms with Gasteiger partial charge in [0.15, 0.2) is 0 Å². The molecular formula is C12H11BrClN. The normalized spacial score (nSPS) is 11.3. The van der Waals surface area contributed by atoms with Crippen LogP contribution in [0, 0.1) is 0 Å². The van der Waals surface area contributed by atoms with Crippen LogP contribution in [0.1, 0.15) is 25.3 Å². The summed E-state index contributed by atoms with van der Waals surface area (Å²) in [6.45, 7) is 4.36. The highest BCUT2D eigenvalue weighted by Crippen LogP contribution is 2.31. The third kappa shape index (κ3) is 2.01. The van der Waals surface area contributed by atoms with Crippen LogP contribution < -0.4 is 0 Å². The van der Waals surface area contributed by atoms with Crippen molar-refractivity contribution in [3.05, 3.63) is 39.6 Å². The van der Waals surface area contributed by atoms with Crippen molar-refractivity contribution in [2.75, 3.05) is 0 Å². The molecular weight excluding hydrogens is 273 g/mol. The molecule has 0 N–H and O–H groups in total. The summed E-state index contributed by atoms with van der Waals surface area (Å²) in [5.74, 6) is 0.485. The third-order valence-electron chi connectivity index (χ3n) is 2.47. The lowest BCUT2D eigenvalue weighted by atomic mass is 9.97. The number of rotatable bonds is 1. The Morgan fingerprint density at radius 3 is 2.67 bits per heavy atom. The van der Waals surface area contributed by atoms with Gasteiger partial charge in [0.25, 0.3) is 0 Å². The molecule has 0 saturated carbocycles. The van der Waals surface area contributed by atoms with Gasteiger partial charge in [-0.3, -0.25) is 0 Å². The molecule has 1 aromatic heterocycles. The first-order chi connectivity index (χ1) is 7.09. The SMILES string of the molecule is CC(C)c1ccc(Br)c2cnc(Cl)cc12. The summed E-state index contributed by atoms with van der Waals surface area (Å²) < 4.78 is 1.06. The second-order valence-corrected chi connectivity index (χ2v) is 5.09. The molecule has 0 atom stereocenters. The fourth-order valence-corrected chi connectivity index (χ4v) is 2.31. The van der Waals surface area contributed by atoms with Gasteiger partial charge in [0, 0.05) is 16.1 Å². The van der Waals surface area contributed by atoms with E-state index in [2.05, 4.69) is 46.9 Å². The molecule has 15 heavy (non-hydrogen) atoms. The van der Waals surface area contributed by atoms with E-state index >= 15 is 0 Å². The summed E-state index contributed by atoms with van der Waals surface area (Å²) in [4.78, 5) is 4.10. The molecule has 0 aliphatic heterocycles. The highest BCUT2D eigenvalue weighted by atomic mass is 79.9. The van der Waals surface area contributed by atoms with Gasteiger partial charge in [0.2, 0.25) is 0 Å². The second-order valence-electron chi connectivity index (χ2n) is 3.84. The van der Waals surface area contributed by atoms with Crippen LogP contribution in [0.4, 0.5) is 0 Å². The van der Waals surface area contributed by atoms with Gasteiger partial charge in [-0.15, -0.1) is 0 Å². The average Bonchev–Trinajstić information content (AvgIpc) is 2.17. The number of hydrogen-bond donors (Lipinski definition) is 0.